The third-order valence-corrected chi connectivity index (χ3v) is 11.4. The molecule has 2 heteroatoms. The van der Waals surface area contributed by atoms with Crippen molar-refractivity contribution in [3.05, 3.63) is 12.3 Å². The van der Waals surface area contributed by atoms with E-state index in [0.29, 0.717) is 16.6 Å². The van der Waals surface area contributed by atoms with Crippen LogP contribution in [0.15, 0.2) is 12.3 Å². The molecule has 0 saturated heterocycles. The van der Waals surface area contributed by atoms with Crippen LogP contribution in [0.3, 0.4) is 0 Å². The highest BCUT2D eigenvalue weighted by Crippen LogP contribution is 2.69. The van der Waals surface area contributed by atoms with Crippen molar-refractivity contribution in [1.82, 2.24) is 0 Å². The van der Waals surface area contributed by atoms with Crippen LogP contribution in [0, 0.1) is 46.3 Å². The zero-order chi connectivity index (χ0) is 21.7. The van der Waals surface area contributed by atoms with Crippen LogP contribution in [0.25, 0.3) is 0 Å². The average Bonchev–Trinajstić information content (AvgIpc) is 3.05. The van der Waals surface area contributed by atoms with Crippen molar-refractivity contribution in [1.29, 1.82) is 0 Å². The Labute approximate surface area is 185 Å². The Kier molecular flexibility index (Phi) is 6.14. The van der Waals surface area contributed by atoms with Crippen LogP contribution in [-0.4, -0.2) is 15.8 Å². The molecule has 0 bridgehead atoms. The Hall–Kier alpha value is -0.500. The van der Waals surface area contributed by atoms with Gasteiger partial charge >= 0.3 is 0 Å². The molecule has 0 aromatic carbocycles. The average molecular weight is 417 g/mol. The summed E-state index contributed by atoms with van der Waals surface area (Å²) in [5, 5.41) is 20.5. The van der Waals surface area contributed by atoms with E-state index < -0.39 is 0 Å². The van der Waals surface area contributed by atoms with Gasteiger partial charge in [-0.15, -0.1) is 0 Å². The van der Waals surface area contributed by atoms with E-state index in [1.54, 1.807) is 0 Å². The van der Waals surface area contributed by atoms with Crippen molar-refractivity contribution in [2.24, 2.45) is 46.3 Å². The first-order valence-corrected chi connectivity index (χ1v) is 13.2. The van der Waals surface area contributed by atoms with E-state index >= 15 is 0 Å². The van der Waals surface area contributed by atoms with Crippen LogP contribution in [0.4, 0.5) is 0 Å². The molecule has 0 aromatic heterocycles. The highest BCUT2D eigenvalue weighted by Gasteiger charge is 2.61. The van der Waals surface area contributed by atoms with Gasteiger partial charge in [0.15, 0.2) is 0 Å². The lowest BCUT2D eigenvalue weighted by Crippen LogP contribution is -2.56. The summed E-state index contributed by atoms with van der Waals surface area (Å²) < 4.78 is 0. The molecule has 4 rings (SSSR count). The minimum absolute atomic E-state index is 0.352. The summed E-state index contributed by atoms with van der Waals surface area (Å²) in [7, 11) is 0. The van der Waals surface area contributed by atoms with Crippen LogP contribution in [0.5, 0.6) is 0 Å². The molecule has 0 radical (unpaired) electrons. The van der Waals surface area contributed by atoms with Gasteiger partial charge in [0.2, 0.25) is 0 Å². The van der Waals surface area contributed by atoms with E-state index in [1.165, 1.54) is 51.4 Å². The summed E-state index contributed by atoms with van der Waals surface area (Å²) in [6.45, 7) is 13.6. The van der Waals surface area contributed by atoms with Crippen molar-refractivity contribution >= 4 is 0 Å². The van der Waals surface area contributed by atoms with Gasteiger partial charge in [0.1, 0.15) is 0 Å². The number of aliphatic hydroxyl groups excluding tert-OH is 1. The van der Waals surface area contributed by atoms with Gasteiger partial charge < -0.3 is 10.2 Å². The second-order valence-electron chi connectivity index (χ2n) is 12.6. The molecule has 172 valence electrons. The lowest BCUT2D eigenvalue weighted by Gasteiger charge is -2.62. The molecule has 0 unspecified atom stereocenters. The number of fused-ring (bicyclic) bond motifs is 5. The summed E-state index contributed by atoms with van der Waals surface area (Å²) in [6, 6.07) is 0. The van der Waals surface area contributed by atoms with Crippen molar-refractivity contribution in [3.8, 4) is 0 Å². The van der Waals surface area contributed by atoms with Gasteiger partial charge in [-0.2, -0.15) is 0 Å². The summed E-state index contributed by atoms with van der Waals surface area (Å²) >= 11 is 0. The zero-order valence-corrected chi connectivity index (χ0v) is 20.3. The van der Waals surface area contributed by atoms with E-state index in [9.17, 15) is 10.2 Å². The Morgan fingerprint density at radius 2 is 1.73 bits per heavy atom. The molecule has 0 amide bonds. The zero-order valence-electron chi connectivity index (χ0n) is 20.3. The molecule has 4 aliphatic rings. The fourth-order valence-electron chi connectivity index (χ4n) is 9.45. The van der Waals surface area contributed by atoms with Crippen LogP contribution in [-0.2, 0) is 0 Å². The van der Waals surface area contributed by atoms with E-state index in [0.717, 1.165) is 67.6 Å². The van der Waals surface area contributed by atoms with Gasteiger partial charge in [0, 0.05) is 6.42 Å². The maximum Gasteiger partial charge on any atom is 0.0851 e. The highest BCUT2D eigenvalue weighted by molar-refractivity contribution is 5.10. The van der Waals surface area contributed by atoms with Crippen molar-refractivity contribution < 1.29 is 10.2 Å². The van der Waals surface area contributed by atoms with Crippen molar-refractivity contribution in [2.75, 3.05) is 0 Å². The second-order valence-corrected chi connectivity index (χ2v) is 12.6. The Bertz CT molecular complexity index is 643. The van der Waals surface area contributed by atoms with Gasteiger partial charge in [0.05, 0.1) is 11.4 Å². The summed E-state index contributed by atoms with van der Waals surface area (Å²) in [5.74, 6) is 5.45. The third kappa shape index (κ3) is 3.67. The monoisotopic (exact) mass is 416 g/mol. The molecule has 2 nitrogen and oxygen atoms in total. The molecule has 0 aromatic rings. The SMILES string of the molecule is C=C(O)CCC[C@@H](C)[C@H]1CC[C@H]2[C@@H]3CC[C@H]4C[C@](O)(CC)CC[C@]4(C)[C@H]3CC[C@]12C. The fourth-order valence-corrected chi connectivity index (χ4v) is 9.45. The Morgan fingerprint density at radius 3 is 2.43 bits per heavy atom. The lowest BCUT2D eigenvalue weighted by atomic mass is 9.43. The predicted octanol–water partition coefficient (Wildman–Crippen LogP) is 7.66. The number of aliphatic hydroxyl groups is 2. The molecular formula is C28H48O2. The van der Waals surface area contributed by atoms with Crippen LogP contribution >= 0.6 is 0 Å². The minimum atomic E-state index is -0.381. The fraction of sp³-hybridized carbons (Fsp3) is 0.929. The quantitative estimate of drug-likeness (QED) is 0.436. The van der Waals surface area contributed by atoms with E-state index in [1.807, 2.05) is 0 Å². The summed E-state index contributed by atoms with van der Waals surface area (Å²) in [4.78, 5) is 0. The second kappa shape index (κ2) is 8.13. The molecule has 0 heterocycles. The first kappa shape index (κ1) is 22.7. The van der Waals surface area contributed by atoms with Crippen LogP contribution < -0.4 is 0 Å². The highest BCUT2D eigenvalue weighted by atomic mass is 16.3. The lowest BCUT2D eigenvalue weighted by molar-refractivity contribution is -0.152. The first-order valence-electron chi connectivity index (χ1n) is 13.2. The Morgan fingerprint density at radius 1 is 1.00 bits per heavy atom. The standard InChI is InChI=1S/C28H48O2/c1-6-28(30)17-16-26(4)21(18-28)10-11-22-24-13-12-23(19(2)8-7-9-20(3)29)27(24,5)15-14-25(22)26/h19,21-25,29-30H,3,6-18H2,1-2,4-5H3/t19-,21+,22+,23-,24+,25+,26+,27-,28+/m1/s1. The van der Waals surface area contributed by atoms with Crippen molar-refractivity contribution in [2.45, 2.75) is 117 Å². The molecule has 30 heavy (non-hydrogen) atoms. The predicted molar refractivity (Wildman–Crippen MR) is 125 cm³/mol. The largest absolute Gasteiger partial charge is 0.513 e. The van der Waals surface area contributed by atoms with Gasteiger partial charge in [-0.25, -0.2) is 0 Å². The number of rotatable bonds is 6. The summed E-state index contributed by atoms with van der Waals surface area (Å²) in [6.07, 6.45) is 15.8. The van der Waals surface area contributed by atoms with E-state index in [4.69, 9.17) is 0 Å². The molecular weight excluding hydrogens is 368 g/mol. The first-order chi connectivity index (χ1) is 14.1. The topological polar surface area (TPSA) is 40.5 Å². The van der Waals surface area contributed by atoms with E-state index in [2.05, 4.69) is 34.3 Å². The van der Waals surface area contributed by atoms with E-state index in [-0.39, 0.29) is 5.60 Å². The molecule has 4 saturated carbocycles. The number of allylic oxidation sites excluding steroid dienone is 1. The van der Waals surface area contributed by atoms with Gasteiger partial charge in [-0.1, -0.05) is 34.3 Å². The number of hydrogen-bond donors (Lipinski definition) is 2. The molecule has 4 aliphatic carbocycles. The smallest absolute Gasteiger partial charge is 0.0851 e. The molecule has 0 aliphatic heterocycles. The summed E-state index contributed by atoms with van der Waals surface area (Å²) in [5.41, 5.74) is 0.615. The normalized spacial score (nSPS) is 49.0. The molecule has 9 atom stereocenters. The maximum absolute atomic E-state index is 11.0. The van der Waals surface area contributed by atoms with Gasteiger partial charge in [-0.3, -0.25) is 0 Å². The van der Waals surface area contributed by atoms with Gasteiger partial charge in [-0.05, 0) is 123 Å². The Balaban J connectivity index is 1.47. The van der Waals surface area contributed by atoms with Crippen molar-refractivity contribution in [3.63, 3.8) is 0 Å². The van der Waals surface area contributed by atoms with Gasteiger partial charge in [0.25, 0.3) is 0 Å². The van der Waals surface area contributed by atoms with Crippen LogP contribution in [0.2, 0.25) is 0 Å². The maximum atomic E-state index is 11.0. The molecule has 2 N–H and O–H groups in total. The molecule has 4 fully saturated rings. The third-order valence-electron chi connectivity index (χ3n) is 11.4. The number of hydrogen-bond acceptors (Lipinski definition) is 2. The minimum Gasteiger partial charge on any atom is -0.513 e. The van der Waals surface area contributed by atoms with Crippen LogP contribution in [0.1, 0.15) is 111 Å². The molecule has 0 spiro atoms.